The molecule has 0 saturated heterocycles. The monoisotopic (exact) mass is 260 g/mol. The molecule has 2 aromatic rings. The fourth-order valence-corrected chi connectivity index (χ4v) is 4.05. The lowest BCUT2D eigenvalue weighted by Crippen LogP contribution is -2.08. The molecule has 3 rings (SSSR count). The predicted molar refractivity (Wildman–Crippen MR) is 78.7 cm³/mol. The molecule has 1 aliphatic rings. The molecule has 0 N–H and O–H groups in total. The summed E-state index contributed by atoms with van der Waals surface area (Å²) in [6, 6.07) is 6.46. The summed E-state index contributed by atoms with van der Waals surface area (Å²) in [4.78, 5) is 0. The molecule has 0 unspecified atom stereocenters. The van der Waals surface area contributed by atoms with E-state index in [4.69, 9.17) is 4.74 Å². The molecule has 1 heterocycles. The van der Waals surface area contributed by atoms with Crippen molar-refractivity contribution in [2.75, 3.05) is 7.11 Å². The normalized spacial score (nSPS) is 17.2. The number of methoxy groups -OCH3 is 1. The Kier molecular flexibility index (Phi) is 3.55. The predicted octanol–water partition coefficient (Wildman–Crippen LogP) is 5.03. The molecule has 0 atom stereocenters. The molecule has 0 aliphatic heterocycles. The topological polar surface area (TPSA) is 9.23 Å². The first-order valence-electron chi connectivity index (χ1n) is 6.91. The summed E-state index contributed by atoms with van der Waals surface area (Å²) in [6.45, 7) is 0. The number of rotatable bonds is 3. The minimum absolute atomic E-state index is 0.915. The highest BCUT2D eigenvalue weighted by Crippen LogP contribution is 2.34. The van der Waals surface area contributed by atoms with Crippen molar-refractivity contribution in [2.45, 2.75) is 38.5 Å². The van der Waals surface area contributed by atoms with E-state index in [0.29, 0.717) is 0 Å². The van der Waals surface area contributed by atoms with Crippen LogP contribution >= 0.6 is 11.3 Å². The van der Waals surface area contributed by atoms with Gasteiger partial charge in [-0.2, -0.15) is 0 Å². The maximum absolute atomic E-state index is 5.29. The van der Waals surface area contributed by atoms with Gasteiger partial charge in [-0.25, -0.2) is 0 Å². The quantitative estimate of drug-likeness (QED) is 0.752. The van der Waals surface area contributed by atoms with Gasteiger partial charge in [0, 0.05) is 4.70 Å². The van der Waals surface area contributed by atoms with Crippen LogP contribution in [0.15, 0.2) is 23.6 Å². The summed E-state index contributed by atoms with van der Waals surface area (Å²) >= 11 is 1.85. The second kappa shape index (κ2) is 5.31. The SMILES string of the molecule is COc1ccc2c(CC3CCCCC3)csc2c1. The van der Waals surface area contributed by atoms with E-state index >= 15 is 0 Å². The Morgan fingerprint density at radius 2 is 2.06 bits per heavy atom. The summed E-state index contributed by atoms with van der Waals surface area (Å²) in [5.74, 6) is 1.88. The molecule has 0 radical (unpaired) electrons. The Bertz CT molecular complexity index is 523. The first kappa shape index (κ1) is 12.0. The van der Waals surface area contributed by atoms with Crippen LogP contribution in [0, 0.1) is 5.92 Å². The van der Waals surface area contributed by atoms with Gasteiger partial charge in [-0.05, 0) is 46.9 Å². The van der Waals surface area contributed by atoms with Crippen molar-refractivity contribution < 1.29 is 4.74 Å². The zero-order valence-electron chi connectivity index (χ0n) is 10.9. The molecule has 96 valence electrons. The van der Waals surface area contributed by atoms with E-state index in [1.54, 1.807) is 12.7 Å². The zero-order chi connectivity index (χ0) is 12.4. The van der Waals surface area contributed by atoms with Crippen LogP contribution in [0.3, 0.4) is 0 Å². The molecule has 1 nitrogen and oxygen atoms in total. The van der Waals surface area contributed by atoms with Crippen LogP contribution in [-0.2, 0) is 6.42 Å². The summed E-state index contributed by atoms with van der Waals surface area (Å²) in [7, 11) is 1.73. The molecule has 18 heavy (non-hydrogen) atoms. The molecular formula is C16H20OS. The Hall–Kier alpha value is -1.02. The molecular weight excluding hydrogens is 240 g/mol. The van der Waals surface area contributed by atoms with E-state index in [1.807, 2.05) is 11.3 Å². The molecule has 1 fully saturated rings. The molecule has 0 spiro atoms. The van der Waals surface area contributed by atoms with Crippen LogP contribution < -0.4 is 4.74 Å². The lowest BCUT2D eigenvalue weighted by molar-refractivity contribution is 0.357. The average molecular weight is 260 g/mol. The van der Waals surface area contributed by atoms with Crippen LogP contribution in [0.4, 0.5) is 0 Å². The van der Waals surface area contributed by atoms with Crippen molar-refractivity contribution >= 4 is 21.4 Å². The Labute approximate surface area is 113 Å². The van der Waals surface area contributed by atoms with Crippen LogP contribution in [0.1, 0.15) is 37.7 Å². The van der Waals surface area contributed by atoms with Gasteiger partial charge in [-0.3, -0.25) is 0 Å². The van der Waals surface area contributed by atoms with Crippen molar-refractivity contribution in [1.82, 2.24) is 0 Å². The second-order valence-corrected chi connectivity index (χ2v) is 6.24. The number of benzene rings is 1. The van der Waals surface area contributed by atoms with Gasteiger partial charge < -0.3 is 4.74 Å². The van der Waals surface area contributed by atoms with E-state index in [2.05, 4.69) is 23.6 Å². The first-order chi connectivity index (χ1) is 8.86. The van der Waals surface area contributed by atoms with Crippen LogP contribution in [-0.4, -0.2) is 7.11 Å². The molecule has 0 amide bonds. The number of hydrogen-bond acceptors (Lipinski definition) is 2. The highest BCUT2D eigenvalue weighted by Gasteiger charge is 2.16. The first-order valence-corrected chi connectivity index (χ1v) is 7.79. The van der Waals surface area contributed by atoms with E-state index in [9.17, 15) is 0 Å². The van der Waals surface area contributed by atoms with Gasteiger partial charge in [0.15, 0.2) is 0 Å². The maximum Gasteiger partial charge on any atom is 0.120 e. The third kappa shape index (κ3) is 2.39. The fraction of sp³-hybridized carbons (Fsp3) is 0.500. The van der Waals surface area contributed by atoms with Crippen LogP contribution in [0.25, 0.3) is 10.1 Å². The Morgan fingerprint density at radius 1 is 1.22 bits per heavy atom. The number of fused-ring (bicyclic) bond motifs is 1. The van der Waals surface area contributed by atoms with Crippen LogP contribution in [0.2, 0.25) is 0 Å². The van der Waals surface area contributed by atoms with Crippen molar-refractivity contribution in [1.29, 1.82) is 0 Å². The van der Waals surface area contributed by atoms with Crippen molar-refractivity contribution in [2.24, 2.45) is 5.92 Å². The van der Waals surface area contributed by atoms with Gasteiger partial charge in [0.05, 0.1) is 7.11 Å². The van der Waals surface area contributed by atoms with E-state index in [-0.39, 0.29) is 0 Å². The van der Waals surface area contributed by atoms with E-state index in [0.717, 1.165) is 11.7 Å². The minimum Gasteiger partial charge on any atom is -0.497 e. The molecule has 1 saturated carbocycles. The fourth-order valence-electron chi connectivity index (χ4n) is 3.05. The van der Waals surface area contributed by atoms with Gasteiger partial charge in [-0.15, -0.1) is 11.3 Å². The van der Waals surface area contributed by atoms with E-state index < -0.39 is 0 Å². The maximum atomic E-state index is 5.29. The number of hydrogen-bond donors (Lipinski definition) is 0. The number of ether oxygens (including phenoxy) is 1. The van der Waals surface area contributed by atoms with Gasteiger partial charge in [0.1, 0.15) is 5.75 Å². The summed E-state index contributed by atoms with van der Waals surface area (Å²) in [6.07, 6.45) is 8.42. The van der Waals surface area contributed by atoms with Gasteiger partial charge in [0.25, 0.3) is 0 Å². The lowest BCUT2D eigenvalue weighted by Gasteiger charge is -2.21. The van der Waals surface area contributed by atoms with Gasteiger partial charge in [0.2, 0.25) is 0 Å². The standard InChI is InChI=1S/C16H20OS/c1-17-14-7-8-15-13(11-18-16(15)10-14)9-12-5-3-2-4-6-12/h7-8,10-12H,2-6,9H2,1H3. The smallest absolute Gasteiger partial charge is 0.120 e. The summed E-state index contributed by atoms with van der Waals surface area (Å²) < 4.78 is 6.65. The minimum atomic E-state index is 0.915. The highest BCUT2D eigenvalue weighted by molar-refractivity contribution is 7.17. The Balaban J connectivity index is 1.83. The van der Waals surface area contributed by atoms with Crippen LogP contribution in [0.5, 0.6) is 5.75 Å². The van der Waals surface area contributed by atoms with Gasteiger partial charge >= 0.3 is 0 Å². The highest BCUT2D eigenvalue weighted by atomic mass is 32.1. The van der Waals surface area contributed by atoms with E-state index in [1.165, 1.54) is 48.6 Å². The third-order valence-corrected chi connectivity index (χ3v) is 5.09. The van der Waals surface area contributed by atoms with Crippen molar-refractivity contribution in [3.05, 3.63) is 29.1 Å². The summed E-state index contributed by atoms with van der Waals surface area (Å²) in [5.41, 5.74) is 1.55. The summed E-state index contributed by atoms with van der Waals surface area (Å²) in [5, 5.41) is 3.78. The second-order valence-electron chi connectivity index (χ2n) is 5.33. The number of thiophene rings is 1. The largest absolute Gasteiger partial charge is 0.497 e. The zero-order valence-corrected chi connectivity index (χ0v) is 11.8. The van der Waals surface area contributed by atoms with Gasteiger partial charge in [-0.1, -0.05) is 32.1 Å². The molecule has 1 aromatic heterocycles. The molecule has 1 aromatic carbocycles. The van der Waals surface area contributed by atoms with Crippen molar-refractivity contribution in [3.8, 4) is 5.75 Å². The average Bonchev–Trinajstić information content (AvgIpc) is 2.82. The third-order valence-electron chi connectivity index (χ3n) is 4.10. The lowest BCUT2D eigenvalue weighted by atomic mass is 9.85. The van der Waals surface area contributed by atoms with Crippen molar-refractivity contribution in [3.63, 3.8) is 0 Å². The Morgan fingerprint density at radius 3 is 2.83 bits per heavy atom. The molecule has 0 bridgehead atoms. The molecule has 2 heteroatoms. The molecule has 1 aliphatic carbocycles.